The van der Waals surface area contributed by atoms with Gasteiger partial charge in [0.15, 0.2) is 5.82 Å². The van der Waals surface area contributed by atoms with Crippen molar-refractivity contribution in [3.05, 3.63) is 29.3 Å². The number of benzene rings is 1. The summed E-state index contributed by atoms with van der Waals surface area (Å²) >= 11 is 0. The van der Waals surface area contributed by atoms with E-state index in [-0.39, 0.29) is 6.54 Å². The average Bonchev–Trinajstić information content (AvgIpc) is 2.65. The van der Waals surface area contributed by atoms with Crippen LogP contribution in [0.25, 0.3) is 11.4 Å². The van der Waals surface area contributed by atoms with Crippen molar-refractivity contribution < 1.29 is 9.90 Å². The van der Waals surface area contributed by atoms with Crippen LogP contribution in [0.15, 0.2) is 18.2 Å². The van der Waals surface area contributed by atoms with E-state index < -0.39 is 5.97 Å². The molecule has 2 aromatic rings. The van der Waals surface area contributed by atoms with Crippen LogP contribution < -0.4 is 0 Å². The van der Waals surface area contributed by atoms with Crippen LogP contribution in [0.1, 0.15) is 11.1 Å². The third-order valence-electron chi connectivity index (χ3n) is 2.44. The predicted octanol–water partition coefficient (Wildman–Crippen LogP) is 1.04. The van der Waals surface area contributed by atoms with Crippen LogP contribution in [0, 0.1) is 13.8 Å². The van der Waals surface area contributed by atoms with Crippen molar-refractivity contribution in [1.29, 1.82) is 0 Å². The second kappa shape index (κ2) is 4.32. The van der Waals surface area contributed by atoms with Gasteiger partial charge in [-0.3, -0.25) is 4.79 Å². The zero-order valence-electron chi connectivity index (χ0n) is 9.58. The zero-order chi connectivity index (χ0) is 12.4. The molecule has 1 heterocycles. The summed E-state index contributed by atoms with van der Waals surface area (Å²) in [6.07, 6.45) is 0. The van der Waals surface area contributed by atoms with Gasteiger partial charge in [0, 0.05) is 5.56 Å². The maximum Gasteiger partial charge on any atom is 0.325 e. The van der Waals surface area contributed by atoms with Gasteiger partial charge in [-0.25, -0.2) is 4.68 Å². The summed E-state index contributed by atoms with van der Waals surface area (Å²) < 4.78 is 1.28. The lowest BCUT2D eigenvalue weighted by Gasteiger charge is -2.06. The number of carboxylic acids is 1. The molecule has 0 aliphatic rings. The highest BCUT2D eigenvalue weighted by molar-refractivity contribution is 5.68. The quantitative estimate of drug-likeness (QED) is 0.855. The summed E-state index contributed by atoms with van der Waals surface area (Å²) in [5.74, 6) is -0.492. The molecule has 1 N–H and O–H groups in total. The molecule has 1 aromatic carbocycles. The number of carboxylic acid groups (broad SMARTS) is 1. The molecule has 0 unspecified atom stereocenters. The van der Waals surface area contributed by atoms with Crippen molar-refractivity contribution in [2.24, 2.45) is 0 Å². The van der Waals surface area contributed by atoms with Gasteiger partial charge < -0.3 is 5.11 Å². The standard InChI is InChI=1S/C11H12N4O2/c1-7-3-4-9(8(2)5-7)11-12-13-14-15(11)6-10(16)17/h3-5H,6H2,1-2H3,(H,16,17). The Morgan fingerprint density at radius 1 is 1.41 bits per heavy atom. The molecule has 0 saturated heterocycles. The first kappa shape index (κ1) is 11.3. The van der Waals surface area contributed by atoms with E-state index in [0.29, 0.717) is 5.82 Å². The second-order valence-corrected chi connectivity index (χ2v) is 3.87. The van der Waals surface area contributed by atoms with Gasteiger partial charge in [0.05, 0.1) is 0 Å². The fraction of sp³-hybridized carbons (Fsp3) is 0.273. The van der Waals surface area contributed by atoms with Crippen molar-refractivity contribution in [3.63, 3.8) is 0 Å². The summed E-state index contributed by atoms with van der Waals surface area (Å²) in [4.78, 5) is 10.7. The molecule has 1 aromatic heterocycles. The minimum absolute atomic E-state index is 0.240. The maximum atomic E-state index is 10.7. The molecule has 0 fully saturated rings. The van der Waals surface area contributed by atoms with Crippen LogP contribution >= 0.6 is 0 Å². The van der Waals surface area contributed by atoms with Crippen molar-refractivity contribution in [2.75, 3.05) is 0 Å². The molecule has 0 atom stereocenters. The Labute approximate surface area is 97.9 Å². The fourth-order valence-corrected chi connectivity index (χ4v) is 1.70. The molecular formula is C11H12N4O2. The van der Waals surface area contributed by atoms with Gasteiger partial charge in [0.25, 0.3) is 0 Å². The molecule has 88 valence electrons. The minimum Gasteiger partial charge on any atom is -0.480 e. The Morgan fingerprint density at radius 3 is 2.82 bits per heavy atom. The number of tetrazole rings is 1. The molecule has 0 aliphatic heterocycles. The van der Waals surface area contributed by atoms with E-state index in [9.17, 15) is 4.79 Å². The molecule has 0 aliphatic carbocycles. The largest absolute Gasteiger partial charge is 0.480 e. The molecule has 0 spiro atoms. The molecular weight excluding hydrogens is 220 g/mol. The minimum atomic E-state index is -0.969. The number of hydrogen-bond donors (Lipinski definition) is 1. The number of nitrogens with zero attached hydrogens (tertiary/aromatic N) is 4. The first-order valence-corrected chi connectivity index (χ1v) is 5.13. The van der Waals surface area contributed by atoms with Crippen LogP contribution in [-0.2, 0) is 11.3 Å². The second-order valence-electron chi connectivity index (χ2n) is 3.87. The summed E-state index contributed by atoms with van der Waals surface area (Å²) in [6, 6.07) is 5.85. The molecule has 0 radical (unpaired) electrons. The van der Waals surface area contributed by atoms with Gasteiger partial charge in [0.2, 0.25) is 0 Å². The molecule has 0 bridgehead atoms. The molecule has 0 saturated carbocycles. The van der Waals surface area contributed by atoms with Crippen LogP contribution in [0.2, 0.25) is 0 Å². The number of aromatic nitrogens is 4. The highest BCUT2D eigenvalue weighted by Crippen LogP contribution is 2.21. The van der Waals surface area contributed by atoms with E-state index in [0.717, 1.165) is 16.7 Å². The molecule has 6 nitrogen and oxygen atoms in total. The van der Waals surface area contributed by atoms with Crippen molar-refractivity contribution >= 4 is 5.97 Å². The van der Waals surface area contributed by atoms with Crippen molar-refractivity contribution in [2.45, 2.75) is 20.4 Å². The summed E-state index contributed by atoms with van der Waals surface area (Å²) in [6.45, 7) is 3.70. The number of carbonyl (C=O) groups is 1. The topological polar surface area (TPSA) is 80.9 Å². The van der Waals surface area contributed by atoms with E-state index in [1.807, 2.05) is 32.0 Å². The van der Waals surface area contributed by atoms with E-state index in [1.165, 1.54) is 4.68 Å². The highest BCUT2D eigenvalue weighted by Gasteiger charge is 2.13. The Bertz CT molecular complexity index is 562. The van der Waals surface area contributed by atoms with Gasteiger partial charge in [-0.2, -0.15) is 0 Å². The summed E-state index contributed by atoms with van der Waals surface area (Å²) in [7, 11) is 0. The Kier molecular flexibility index (Phi) is 2.86. The number of hydrogen-bond acceptors (Lipinski definition) is 4. The average molecular weight is 232 g/mol. The fourth-order valence-electron chi connectivity index (χ4n) is 1.70. The third kappa shape index (κ3) is 2.30. The van der Waals surface area contributed by atoms with Crippen LogP contribution in [-0.4, -0.2) is 31.3 Å². The molecule has 2 rings (SSSR count). The van der Waals surface area contributed by atoms with Gasteiger partial charge in [-0.15, -0.1) is 5.10 Å². The zero-order valence-corrected chi connectivity index (χ0v) is 9.58. The maximum absolute atomic E-state index is 10.7. The van der Waals surface area contributed by atoms with E-state index in [1.54, 1.807) is 0 Å². The van der Waals surface area contributed by atoms with E-state index in [2.05, 4.69) is 15.5 Å². The van der Waals surface area contributed by atoms with Crippen molar-refractivity contribution in [3.8, 4) is 11.4 Å². The Balaban J connectivity index is 2.46. The summed E-state index contributed by atoms with van der Waals surface area (Å²) in [5.41, 5.74) is 3.01. The van der Waals surface area contributed by atoms with Gasteiger partial charge >= 0.3 is 5.97 Å². The Morgan fingerprint density at radius 2 is 2.18 bits per heavy atom. The molecule has 0 amide bonds. The number of aryl methyl sites for hydroxylation is 2. The lowest BCUT2D eigenvalue weighted by Crippen LogP contribution is -2.12. The van der Waals surface area contributed by atoms with Gasteiger partial charge in [0.1, 0.15) is 6.54 Å². The van der Waals surface area contributed by atoms with Crippen molar-refractivity contribution in [1.82, 2.24) is 20.2 Å². The van der Waals surface area contributed by atoms with E-state index in [4.69, 9.17) is 5.11 Å². The molecule has 17 heavy (non-hydrogen) atoms. The lowest BCUT2D eigenvalue weighted by atomic mass is 10.1. The van der Waals surface area contributed by atoms with Crippen LogP contribution in [0.3, 0.4) is 0 Å². The third-order valence-corrected chi connectivity index (χ3v) is 2.44. The normalized spacial score (nSPS) is 10.5. The number of aliphatic carboxylic acids is 1. The monoisotopic (exact) mass is 232 g/mol. The predicted molar refractivity (Wildman–Crippen MR) is 60.4 cm³/mol. The molecule has 6 heteroatoms. The number of rotatable bonds is 3. The lowest BCUT2D eigenvalue weighted by molar-refractivity contribution is -0.137. The van der Waals surface area contributed by atoms with E-state index >= 15 is 0 Å². The van der Waals surface area contributed by atoms with Crippen LogP contribution in [0.5, 0.6) is 0 Å². The summed E-state index contributed by atoms with van der Waals surface area (Å²) in [5, 5.41) is 19.8. The smallest absolute Gasteiger partial charge is 0.325 e. The van der Waals surface area contributed by atoms with Crippen LogP contribution in [0.4, 0.5) is 0 Å². The Hall–Kier alpha value is -2.24. The highest BCUT2D eigenvalue weighted by atomic mass is 16.4. The first-order chi connectivity index (χ1) is 8.08. The van der Waals surface area contributed by atoms with Gasteiger partial charge in [-0.05, 0) is 29.8 Å². The first-order valence-electron chi connectivity index (χ1n) is 5.13. The SMILES string of the molecule is Cc1ccc(-c2nnnn2CC(=O)O)c(C)c1. The van der Waals surface area contributed by atoms with Gasteiger partial charge in [-0.1, -0.05) is 23.8 Å².